The summed E-state index contributed by atoms with van der Waals surface area (Å²) >= 11 is 0. The highest BCUT2D eigenvalue weighted by Gasteiger charge is 2.46. The van der Waals surface area contributed by atoms with E-state index in [9.17, 15) is 9.59 Å². The molecule has 0 aromatic rings. The topological polar surface area (TPSA) is 46.2 Å². The lowest BCUT2D eigenvalue weighted by molar-refractivity contribution is -0.141. The molecule has 1 saturated heterocycles. The molecule has 2 saturated carbocycles. The summed E-state index contributed by atoms with van der Waals surface area (Å²) in [5, 5.41) is 3.51. The number of carbonyl (C=O) groups is 2. The zero-order valence-electron chi connectivity index (χ0n) is 9.58. The van der Waals surface area contributed by atoms with Gasteiger partial charge in [0.05, 0.1) is 0 Å². The Hall–Kier alpha value is -0.700. The van der Waals surface area contributed by atoms with Gasteiger partial charge in [-0.25, -0.2) is 0 Å². The van der Waals surface area contributed by atoms with E-state index in [1.165, 1.54) is 19.3 Å². The van der Waals surface area contributed by atoms with E-state index < -0.39 is 0 Å². The van der Waals surface area contributed by atoms with Crippen LogP contribution in [0.25, 0.3) is 0 Å². The van der Waals surface area contributed by atoms with Crippen molar-refractivity contribution in [3.05, 3.63) is 0 Å². The van der Waals surface area contributed by atoms with E-state index in [4.69, 9.17) is 0 Å². The molecule has 0 radical (unpaired) electrons. The van der Waals surface area contributed by atoms with Gasteiger partial charge >= 0.3 is 0 Å². The number of hydrogen-bond donors (Lipinski definition) is 1. The third kappa shape index (κ3) is 1.53. The third-order valence-corrected chi connectivity index (χ3v) is 4.76. The maximum absolute atomic E-state index is 11.9. The van der Waals surface area contributed by atoms with Crippen LogP contribution in [-0.4, -0.2) is 24.2 Å². The Balaban J connectivity index is 1.77. The second-order valence-electron chi connectivity index (χ2n) is 5.58. The van der Waals surface area contributed by atoms with Crippen LogP contribution in [0.2, 0.25) is 0 Å². The molecule has 88 valence electrons. The quantitative estimate of drug-likeness (QED) is 0.679. The molecule has 4 atom stereocenters. The fourth-order valence-electron chi connectivity index (χ4n) is 3.96. The van der Waals surface area contributed by atoms with Gasteiger partial charge in [0.15, 0.2) is 5.78 Å². The van der Waals surface area contributed by atoms with Crippen molar-refractivity contribution < 1.29 is 9.59 Å². The molecule has 16 heavy (non-hydrogen) atoms. The first kappa shape index (κ1) is 10.5. The Kier molecular flexibility index (Phi) is 2.58. The van der Waals surface area contributed by atoms with Gasteiger partial charge in [-0.2, -0.15) is 0 Å². The van der Waals surface area contributed by atoms with Crippen LogP contribution < -0.4 is 5.32 Å². The van der Waals surface area contributed by atoms with Crippen molar-refractivity contribution in [1.82, 2.24) is 5.32 Å². The van der Waals surface area contributed by atoms with Crippen molar-refractivity contribution in [2.75, 3.05) is 6.54 Å². The maximum Gasteiger partial charge on any atom is 0.203 e. The maximum atomic E-state index is 11.9. The molecular weight excluding hydrogens is 202 g/mol. The van der Waals surface area contributed by atoms with Gasteiger partial charge in [-0.3, -0.25) is 9.59 Å². The molecule has 2 aliphatic carbocycles. The molecule has 3 rings (SSSR count). The number of rotatable bonds is 1. The average molecular weight is 221 g/mol. The Morgan fingerprint density at radius 1 is 1.06 bits per heavy atom. The highest BCUT2D eigenvalue weighted by Crippen LogP contribution is 2.41. The van der Waals surface area contributed by atoms with Crippen molar-refractivity contribution in [2.45, 2.75) is 44.6 Å². The molecule has 1 aliphatic heterocycles. The third-order valence-electron chi connectivity index (χ3n) is 4.76. The van der Waals surface area contributed by atoms with Gasteiger partial charge < -0.3 is 5.32 Å². The van der Waals surface area contributed by atoms with Crippen LogP contribution in [0.5, 0.6) is 0 Å². The molecule has 4 unspecified atom stereocenters. The van der Waals surface area contributed by atoms with Crippen molar-refractivity contribution in [3.63, 3.8) is 0 Å². The predicted molar refractivity (Wildman–Crippen MR) is 60.0 cm³/mol. The number of ketones is 2. The van der Waals surface area contributed by atoms with Crippen LogP contribution in [0.1, 0.15) is 38.5 Å². The van der Waals surface area contributed by atoms with E-state index in [-0.39, 0.29) is 17.5 Å². The van der Waals surface area contributed by atoms with Crippen molar-refractivity contribution >= 4 is 11.6 Å². The van der Waals surface area contributed by atoms with Crippen molar-refractivity contribution in [1.29, 1.82) is 0 Å². The zero-order valence-corrected chi connectivity index (χ0v) is 9.58. The summed E-state index contributed by atoms with van der Waals surface area (Å²) in [6.45, 7) is 1.06. The Morgan fingerprint density at radius 2 is 1.94 bits per heavy atom. The van der Waals surface area contributed by atoms with Crippen LogP contribution in [-0.2, 0) is 9.59 Å². The van der Waals surface area contributed by atoms with Crippen LogP contribution in [0.15, 0.2) is 0 Å². The van der Waals surface area contributed by atoms with Gasteiger partial charge in [-0.05, 0) is 44.1 Å². The van der Waals surface area contributed by atoms with Crippen LogP contribution in [0, 0.1) is 17.8 Å². The fraction of sp³-hybridized carbons (Fsp3) is 0.846. The lowest BCUT2D eigenvalue weighted by atomic mass is 9.77. The van der Waals surface area contributed by atoms with E-state index >= 15 is 0 Å². The Bertz CT molecular complexity index is 326. The first-order valence-electron chi connectivity index (χ1n) is 6.58. The van der Waals surface area contributed by atoms with Gasteiger partial charge in [-0.1, -0.05) is 6.42 Å². The second-order valence-corrected chi connectivity index (χ2v) is 5.58. The fourth-order valence-corrected chi connectivity index (χ4v) is 3.96. The minimum Gasteiger partial charge on any atom is -0.313 e. The second kappa shape index (κ2) is 3.95. The highest BCUT2D eigenvalue weighted by molar-refractivity contribution is 6.38. The smallest absolute Gasteiger partial charge is 0.203 e. The first-order valence-corrected chi connectivity index (χ1v) is 6.58. The molecule has 0 spiro atoms. The van der Waals surface area contributed by atoms with Crippen molar-refractivity contribution in [3.8, 4) is 0 Å². The summed E-state index contributed by atoms with van der Waals surface area (Å²) in [5.74, 6) is 1.22. The Morgan fingerprint density at radius 3 is 2.81 bits per heavy atom. The molecule has 3 heteroatoms. The summed E-state index contributed by atoms with van der Waals surface area (Å²) in [6.07, 6.45) is 6.18. The molecular formula is C13H19NO2. The van der Waals surface area contributed by atoms with Gasteiger partial charge in [0.1, 0.15) is 0 Å². The van der Waals surface area contributed by atoms with Crippen LogP contribution >= 0.6 is 0 Å². The molecule has 0 aromatic heterocycles. The van der Waals surface area contributed by atoms with Crippen LogP contribution in [0.3, 0.4) is 0 Å². The van der Waals surface area contributed by atoms with Crippen LogP contribution in [0.4, 0.5) is 0 Å². The van der Waals surface area contributed by atoms with Gasteiger partial charge in [0, 0.05) is 18.4 Å². The van der Waals surface area contributed by atoms with Gasteiger partial charge in [0.2, 0.25) is 5.78 Å². The summed E-state index contributed by atoms with van der Waals surface area (Å²) in [7, 11) is 0. The highest BCUT2D eigenvalue weighted by atomic mass is 16.2. The predicted octanol–water partition coefficient (Wildman–Crippen LogP) is 1.31. The van der Waals surface area contributed by atoms with E-state index in [0.717, 1.165) is 25.3 Å². The van der Waals surface area contributed by atoms with Gasteiger partial charge in [-0.15, -0.1) is 0 Å². The number of Topliss-reactive ketones (excluding diaryl/α,β-unsaturated/α-hetero) is 2. The molecule has 3 fully saturated rings. The summed E-state index contributed by atoms with van der Waals surface area (Å²) in [5.41, 5.74) is 0. The van der Waals surface area contributed by atoms with E-state index in [1.807, 2.05) is 0 Å². The summed E-state index contributed by atoms with van der Waals surface area (Å²) in [6, 6.07) is 0.309. The lowest BCUT2D eigenvalue weighted by Crippen LogP contribution is -2.44. The molecule has 0 bridgehead atoms. The minimum absolute atomic E-state index is 0.00523. The van der Waals surface area contributed by atoms with Crippen molar-refractivity contribution in [2.24, 2.45) is 17.8 Å². The van der Waals surface area contributed by atoms with E-state index in [0.29, 0.717) is 18.4 Å². The minimum atomic E-state index is -0.125. The van der Waals surface area contributed by atoms with E-state index in [1.54, 1.807) is 0 Å². The number of hydrogen-bond acceptors (Lipinski definition) is 3. The zero-order chi connectivity index (χ0) is 11.1. The summed E-state index contributed by atoms with van der Waals surface area (Å²) in [4.78, 5) is 23.4. The molecule has 1 N–H and O–H groups in total. The SMILES string of the molecule is O=C1CCCC(C2NCC3CCCC32)C1=O. The normalized spacial score (nSPS) is 43.8. The largest absolute Gasteiger partial charge is 0.313 e. The standard InChI is InChI=1S/C13H19NO2/c15-11-6-2-5-10(13(11)16)12-9-4-1-3-8(9)7-14-12/h8-10,12,14H,1-7H2. The Labute approximate surface area is 96.0 Å². The number of nitrogens with one attached hydrogen (secondary N) is 1. The molecule has 0 aromatic carbocycles. The number of carbonyl (C=O) groups excluding carboxylic acids is 2. The summed E-state index contributed by atoms with van der Waals surface area (Å²) < 4.78 is 0. The monoisotopic (exact) mass is 221 g/mol. The molecule has 0 amide bonds. The van der Waals surface area contributed by atoms with Gasteiger partial charge in [0.25, 0.3) is 0 Å². The average Bonchev–Trinajstić information content (AvgIpc) is 2.84. The number of fused-ring (bicyclic) bond motifs is 1. The first-order chi connectivity index (χ1) is 7.77. The molecule has 3 nitrogen and oxygen atoms in total. The molecule has 3 aliphatic rings. The molecule has 1 heterocycles. The van der Waals surface area contributed by atoms with E-state index in [2.05, 4.69) is 5.32 Å². The lowest BCUT2D eigenvalue weighted by Gasteiger charge is -2.29.